The second-order valence-electron chi connectivity index (χ2n) is 8.05. The smallest absolute Gasteiger partial charge is 0.143 e. The highest BCUT2D eigenvalue weighted by Gasteiger charge is 2.27. The molecule has 1 aliphatic rings. The monoisotopic (exact) mass is 439 g/mol. The Morgan fingerprint density at radius 1 is 0.625 bits per heavy atom. The van der Waals surface area contributed by atoms with Gasteiger partial charge in [-0.05, 0) is 28.8 Å². The first kappa shape index (κ1) is 19.5. The number of alkyl halides is 1. The van der Waals surface area contributed by atoms with Crippen molar-refractivity contribution >= 4 is 33.5 Å². The van der Waals surface area contributed by atoms with Crippen molar-refractivity contribution in [2.45, 2.75) is 18.0 Å². The Morgan fingerprint density at radius 2 is 1.31 bits per heavy atom. The lowest BCUT2D eigenvalue weighted by Gasteiger charge is -2.37. The van der Waals surface area contributed by atoms with Gasteiger partial charge >= 0.3 is 0 Å². The lowest BCUT2D eigenvalue weighted by atomic mass is 9.99. The molecule has 32 heavy (non-hydrogen) atoms. The molecule has 1 saturated heterocycles. The number of rotatable bonds is 3. The number of fused-ring (bicyclic) bond motifs is 3. The summed E-state index contributed by atoms with van der Waals surface area (Å²) in [5.74, 6) is 0. The van der Waals surface area contributed by atoms with Crippen molar-refractivity contribution in [1.29, 1.82) is 0 Å². The van der Waals surface area contributed by atoms with E-state index in [4.69, 9.17) is 16.0 Å². The fraction of sp³-hybridized carbons (Fsp3) is 0.111. The van der Waals surface area contributed by atoms with Crippen LogP contribution in [-0.4, -0.2) is 5.62 Å². The molecule has 2 heterocycles. The average Bonchev–Trinajstić information content (AvgIpc) is 3.23. The van der Waals surface area contributed by atoms with Gasteiger partial charge in [-0.15, -0.1) is 0 Å². The summed E-state index contributed by atoms with van der Waals surface area (Å²) in [7, 11) is 0. The van der Waals surface area contributed by atoms with Crippen LogP contribution in [0.4, 0.5) is 0 Å². The van der Waals surface area contributed by atoms with Crippen LogP contribution >= 0.6 is 11.6 Å². The van der Waals surface area contributed by atoms with E-state index < -0.39 is 0 Å². The number of furan rings is 1. The van der Waals surface area contributed by atoms with Gasteiger partial charge in [0, 0.05) is 16.3 Å². The molecule has 1 aliphatic heterocycles. The molecule has 1 fully saturated rings. The van der Waals surface area contributed by atoms with E-state index in [0.29, 0.717) is 0 Å². The van der Waals surface area contributed by atoms with Gasteiger partial charge in [0.25, 0.3) is 0 Å². The molecule has 3 unspecified atom stereocenters. The van der Waals surface area contributed by atoms with Crippen molar-refractivity contribution in [3.63, 3.8) is 0 Å². The highest BCUT2D eigenvalue weighted by Crippen LogP contribution is 2.36. The number of halogens is 1. The maximum Gasteiger partial charge on any atom is 0.143 e. The molecule has 5 heteroatoms. The van der Waals surface area contributed by atoms with E-state index in [1.807, 2.05) is 36.4 Å². The topological polar surface area (TPSA) is 49.2 Å². The van der Waals surface area contributed by atoms with Crippen LogP contribution in [0.3, 0.4) is 0 Å². The van der Waals surface area contributed by atoms with Gasteiger partial charge in [0.2, 0.25) is 0 Å². The number of nitrogens with one attached hydrogen (secondary N) is 3. The average molecular weight is 440 g/mol. The number of hydrogen-bond donors (Lipinski definition) is 3. The summed E-state index contributed by atoms with van der Waals surface area (Å²) in [6.07, 6.45) is -0.147. The van der Waals surface area contributed by atoms with E-state index in [1.54, 1.807) is 0 Å². The van der Waals surface area contributed by atoms with Gasteiger partial charge in [-0.25, -0.2) is 0 Å². The summed E-state index contributed by atoms with van der Waals surface area (Å²) in [6, 6.07) is 33.3. The second kappa shape index (κ2) is 8.08. The molecular formula is C27H22ClN3O. The minimum absolute atomic E-state index is 0.0487. The standard InChI is InChI=1S/C27H22ClN3O/c28-27-30-25(17-8-2-1-3-9-17)29-26(31-27)19-11-6-10-18(16-19)20-13-7-14-22-21-12-4-5-15-23(21)32-24(20)22/h1-16,25-27,29-31H. The van der Waals surface area contributed by atoms with E-state index in [9.17, 15) is 0 Å². The molecular weight excluding hydrogens is 418 g/mol. The minimum Gasteiger partial charge on any atom is -0.455 e. The van der Waals surface area contributed by atoms with Crippen LogP contribution in [-0.2, 0) is 0 Å². The van der Waals surface area contributed by atoms with Crippen LogP contribution < -0.4 is 16.0 Å². The molecule has 1 aromatic heterocycles. The third-order valence-corrected chi connectivity index (χ3v) is 6.28. The molecule has 0 spiro atoms. The Hall–Kier alpha value is -3.15. The fourth-order valence-electron chi connectivity index (χ4n) is 4.49. The molecule has 0 bridgehead atoms. The summed E-state index contributed by atoms with van der Waals surface area (Å²) in [5, 5.41) is 12.6. The number of benzene rings is 4. The lowest BCUT2D eigenvalue weighted by molar-refractivity contribution is 0.246. The van der Waals surface area contributed by atoms with Crippen molar-refractivity contribution in [1.82, 2.24) is 16.0 Å². The van der Waals surface area contributed by atoms with Gasteiger partial charge in [-0.2, -0.15) is 0 Å². The second-order valence-corrected chi connectivity index (χ2v) is 8.48. The van der Waals surface area contributed by atoms with E-state index in [2.05, 4.69) is 76.6 Å². The molecule has 0 saturated carbocycles. The number of hydrogen-bond acceptors (Lipinski definition) is 4. The van der Waals surface area contributed by atoms with Crippen LogP contribution in [0.15, 0.2) is 101 Å². The first-order valence-electron chi connectivity index (χ1n) is 10.7. The minimum atomic E-state index is -0.353. The molecule has 3 N–H and O–H groups in total. The predicted octanol–water partition coefficient (Wildman–Crippen LogP) is 6.26. The molecule has 3 atom stereocenters. The molecule has 0 amide bonds. The van der Waals surface area contributed by atoms with Gasteiger partial charge in [0.05, 0.1) is 12.3 Å². The summed E-state index contributed by atoms with van der Waals surface area (Å²) in [4.78, 5) is 0. The molecule has 4 nitrogen and oxygen atoms in total. The largest absolute Gasteiger partial charge is 0.455 e. The zero-order valence-electron chi connectivity index (χ0n) is 17.3. The van der Waals surface area contributed by atoms with Crippen LogP contribution in [0.1, 0.15) is 23.5 Å². The van der Waals surface area contributed by atoms with Crippen molar-refractivity contribution in [3.05, 3.63) is 108 Å². The van der Waals surface area contributed by atoms with E-state index in [1.165, 1.54) is 0 Å². The third-order valence-electron chi connectivity index (χ3n) is 6.03. The lowest BCUT2D eigenvalue weighted by Crippen LogP contribution is -2.56. The zero-order valence-corrected chi connectivity index (χ0v) is 18.0. The summed E-state index contributed by atoms with van der Waals surface area (Å²) < 4.78 is 6.25. The summed E-state index contributed by atoms with van der Waals surface area (Å²) in [5.41, 5.74) is 5.91. The Morgan fingerprint density at radius 3 is 2.19 bits per heavy atom. The van der Waals surface area contributed by atoms with E-state index in [0.717, 1.165) is 44.2 Å². The maximum absolute atomic E-state index is 6.51. The molecule has 6 rings (SSSR count). The van der Waals surface area contributed by atoms with Crippen molar-refractivity contribution in [2.75, 3.05) is 0 Å². The van der Waals surface area contributed by atoms with Gasteiger partial charge in [0.15, 0.2) is 0 Å². The summed E-state index contributed by atoms with van der Waals surface area (Å²) >= 11 is 6.51. The van der Waals surface area contributed by atoms with Gasteiger partial charge in [-0.1, -0.05) is 96.5 Å². The predicted molar refractivity (Wildman–Crippen MR) is 130 cm³/mol. The van der Waals surface area contributed by atoms with E-state index >= 15 is 0 Å². The van der Waals surface area contributed by atoms with Gasteiger partial charge in [0.1, 0.15) is 16.8 Å². The summed E-state index contributed by atoms with van der Waals surface area (Å²) in [6.45, 7) is 0. The third kappa shape index (κ3) is 3.48. The quantitative estimate of drug-likeness (QED) is 0.229. The maximum atomic E-state index is 6.51. The molecule has 0 aliphatic carbocycles. The van der Waals surface area contributed by atoms with Crippen molar-refractivity contribution < 1.29 is 4.42 Å². The van der Waals surface area contributed by atoms with Gasteiger partial charge < -0.3 is 4.42 Å². The molecule has 158 valence electrons. The Balaban J connectivity index is 1.38. The van der Waals surface area contributed by atoms with E-state index in [-0.39, 0.29) is 18.0 Å². The highest BCUT2D eigenvalue weighted by atomic mass is 35.5. The normalized spacial score (nSPS) is 21.2. The zero-order chi connectivity index (χ0) is 21.5. The van der Waals surface area contributed by atoms with Crippen LogP contribution in [0.5, 0.6) is 0 Å². The SMILES string of the molecule is ClC1NC(c2ccccc2)NC(c2cccc(-c3cccc4c3oc3ccccc34)c2)N1. The first-order chi connectivity index (χ1) is 15.8. The number of para-hydroxylation sites is 2. The Labute approximate surface area is 191 Å². The highest BCUT2D eigenvalue weighted by molar-refractivity contribution is 6.20. The Kier molecular flexibility index (Phi) is 4.93. The van der Waals surface area contributed by atoms with Gasteiger partial charge in [-0.3, -0.25) is 16.0 Å². The van der Waals surface area contributed by atoms with Crippen molar-refractivity contribution in [3.8, 4) is 11.1 Å². The Bertz CT molecular complexity index is 1400. The van der Waals surface area contributed by atoms with Crippen molar-refractivity contribution in [2.24, 2.45) is 0 Å². The molecule has 4 aromatic carbocycles. The van der Waals surface area contributed by atoms with Crippen LogP contribution in [0, 0.1) is 0 Å². The first-order valence-corrected chi connectivity index (χ1v) is 11.2. The van der Waals surface area contributed by atoms with Crippen LogP contribution in [0.25, 0.3) is 33.1 Å². The van der Waals surface area contributed by atoms with Crippen LogP contribution in [0.2, 0.25) is 0 Å². The molecule has 5 aromatic rings. The fourth-order valence-corrected chi connectivity index (χ4v) is 4.75. The molecule has 0 radical (unpaired) electrons.